The van der Waals surface area contributed by atoms with Crippen LogP contribution in [0.25, 0.3) is 0 Å². The molecule has 1 saturated heterocycles. The number of aromatic nitrogens is 1. The van der Waals surface area contributed by atoms with Crippen molar-refractivity contribution < 1.29 is 22.7 Å². The summed E-state index contributed by atoms with van der Waals surface area (Å²) in [6.07, 6.45) is -2.31. The van der Waals surface area contributed by atoms with Gasteiger partial charge in [-0.15, -0.1) is 0 Å². The van der Waals surface area contributed by atoms with Gasteiger partial charge in [-0.3, -0.25) is 0 Å². The lowest BCUT2D eigenvalue weighted by Gasteiger charge is -2.32. The van der Waals surface area contributed by atoms with E-state index < -0.39 is 12.1 Å². The Morgan fingerprint density at radius 2 is 2.29 bits per heavy atom. The van der Waals surface area contributed by atoms with Gasteiger partial charge < -0.3 is 14.4 Å². The lowest BCUT2D eigenvalue weighted by atomic mass is 9.98. The summed E-state index contributed by atoms with van der Waals surface area (Å²) in [5.41, 5.74) is 0.328. The first-order valence-electron chi connectivity index (χ1n) is 5.37. The van der Waals surface area contributed by atoms with Gasteiger partial charge in [0, 0.05) is 13.1 Å². The van der Waals surface area contributed by atoms with Gasteiger partial charge in [0.05, 0.1) is 12.5 Å². The van der Waals surface area contributed by atoms with Crippen LogP contribution in [0.15, 0.2) is 10.7 Å². The largest absolute Gasteiger partial charge is 0.432 e. The van der Waals surface area contributed by atoms with E-state index in [-0.39, 0.29) is 25.6 Å². The molecule has 1 atom stereocenters. The number of hydrogen-bond donors (Lipinski definition) is 1. The van der Waals surface area contributed by atoms with Crippen molar-refractivity contribution in [1.82, 2.24) is 4.98 Å². The number of alkyl halides is 3. The first-order valence-corrected chi connectivity index (χ1v) is 5.37. The number of piperidine rings is 1. The molecule has 0 radical (unpaired) electrons. The van der Waals surface area contributed by atoms with Crippen LogP contribution < -0.4 is 4.90 Å². The number of anilines is 1. The van der Waals surface area contributed by atoms with Crippen molar-refractivity contribution >= 4 is 6.01 Å². The summed E-state index contributed by atoms with van der Waals surface area (Å²) in [5.74, 6) is -1.33. The van der Waals surface area contributed by atoms with Gasteiger partial charge in [-0.2, -0.15) is 18.2 Å². The van der Waals surface area contributed by atoms with E-state index in [4.69, 9.17) is 9.52 Å². The molecular weight excluding hydrogens is 237 g/mol. The molecule has 0 aliphatic carbocycles. The Morgan fingerprint density at radius 1 is 1.53 bits per heavy atom. The van der Waals surface area contributed by atoms with E-state index in [1.165, 1.54) is 11.2 Å². The molecule has 7 heteroatoms. The van der Waals surface area contributed by atoms with Crippen LogP contribution in [0, 0.1) is 5.92 Å². The zero-order valence-corrected chi connectivity index (χ0v) is 9.07. The molecule has 0 amide bonds. The van der Waals surface area contributed by atoms with Crippen LogP contribution in [0.4, 0.5) is 19.2 Å². The van der Waals surface area contributed by atoms with Crippen LogP contribution in [0.1, 0.15) is 18.5 Å². The first kappa shape index (κ1) is 12.2. The summed E-state index contributed by atoms with van der Waals surface area (Å²) in [7, 11) is 0. The van der Waals surface area contributed by atoms with Crippen LogP contribution in [-0.4, -0.2) is 29.4 Å². The summed E-state index contributed by atoms with van der Waals surface area (Å²) in [6.45, 7) is 0.0902. The molecule has 0 bridgehead atoms. The molecule has 0 saturated carbocycles. The van der Waals surface area contributed by atoms with E-state index >= 15 is 0 Å². The second-order valence-corrected chi connectivity index (χ2v) is 4.11. The molecule has 1 fully saturated rings. The minimum Gasteiger partial charge on any atom is -0.432 e. The summed E-state index contributed by atoms with van der Waals surface area (Å²) in [5, 5.41) is 8.81. The van der Waals surface area contributed by atoms with Crippen molar-refractivity contribution in [2.45, 2.75) is 25.6 Å². The SMILES string of the molecule is OCc1coc(N2CCCC(C(F)(F)F)C2)n1. The molecule has 2 heterocycles. The van der Waals surface area contributed by atoms with Crippen molar-refractivity contribution in [2.75, 3.05) is 18.0 Å². The molecule has 1 aliphatic heterocycles. The van der Waals surface area contributed by atoms with Crippen LogP contribution in [-0.2, 0) is 6.61 Å². The summed E-state index contributed by atoms with van der Waals surface area (Å²) < 4.78 is 42.8. The van der Waals surface area contributed by atoms with E-state index in [9.17, 15) is 13.2 Å². The highest BCUT2D eigenvalue weighted by Gasteiger charge is 2.42. The Kier molecular flexibility index (Phi) is 3.28. The highest BCUT2D eigenvalue weighted by molar-refractivity contribution is 5.28. The quantitative estimate of drug-likeness (QED) is 0.871. The molecule has 1 unspecified atom stereocenters. The molecule has 1 aliphatic rings. The van der Waals surface area contributed by atoms with Gasteiger partial charge in [0.15, 0.2) is 0 Å². The highest BCUT2D eigenvalue weighted by atomic mass is 19.4. The third-order valence-corrected chi connectivity index (χ3v) is 2.86. The third-order valence-electron chi connectivity index (χ3n) is 2.86. The van der Waals surface area contributed by atoms with Gasteiger partial charge in [-0.1, -0.05) is 0 Å². The normalized spacial score (nSPS) is 21.9. The maximum absolute atomic E-state index is 12.6. The van der Waals surface area contributed by atoms with Crippen LogP contribution in [0.3, 0.4) is 0 Å². The fourth-order valence-electron chi connectivity index (χ4n) is 1.93. The fraction of sp³-hybridized carbons (Fsp3) is 0.700. The maximum Gasteiger partial charge on any atom is 0.393 e. The Bertz CT molecular complexity index is 378. The minimum absolute atomic E-state index is 0.130. The predicted molar refractivity (Wildman–Crippen MR) is 53.4 cm³/mol. The fourth-order valence-corrected chi connectivity index (χ4v) is 1.93. The van der Waals surface area contributed by atoms with E-state index in [1.807, 2.05) is 0 Å². The van der Waals surface area contributed by atoms with Gasteiger partial charge in [-0.05, 0) is 12.8 Å². The zero-order valence-electron chi connectivity index (χ0n) is 9.07. The molecule has 1 aromatic rings. The van der Waals surface area contributed by atoms with Crippen molar-refractivity contribution in [3.05, 3.63) is 12.0 Å². The van der Waals surface area contributed by atoms with Crippen molar-refractivity contribution in [3.63, 3.8) is 0 Å². The highest BCUT2D eigenvalue weighted by Crippen LogP contribution is 2.34. The third kappa shape index (κ3) is 2.71. The predicted octanol–water partition coefficient (Wildman–Crippen LogP) is 1.95. The molecule has 2 rings (SSSR count). The standard InChI is InChI=1S/C10H13F3N2O2/c11-10(12,13)7-2-1-3-15(4-7)9-14-8(5-16)6-17-9/h6-7,16H,1-5H2. The molecule has 4 nitrogen and oxygen atoms in total. The Labute approximate surface area is 96.0 Å². The average Bonchev–Trinajstić information content (AvgIpc) is 2.76. The lowest BCUT2D eigenvalue weighted by Crippen LogP contribution is -2.41. The maximum atomic E-state index is 12.6. The van der Waals surface area contributed by atoms with E-state index in [0.717, 1.165) is 0 Å². The number of aliphatic hydroxyl groups is 1. The number of hydrogen-bond acceptors (Lipinski definition) is 4. The number of halogens is 3. The van der Waals surface area contributed by atoms with E-state index in [0.29, 0.717) is 18.7 Å². The number of oxazole rings is 1. The smallest absolute Gasteiger partial charge is 0.393 e. The first-order chi connectivity index (χ1) is 8.00. The Balaban J connectivity index is 2.06. The second-order valence-electron chi connectivity index (χ2n) is 4.11. The van der Waals surface area contributed by atoms with Gasteiger partial charge in [0.25, 0.3) is 6.01 Å². The van der Waals surface area contributed by atoms with Gasteiger partial charge >= 0.3 is 6.18 Å². The minimum atomic E-state index is -4.18. The molecule has 1 N–H and O–H groups in total. The molecule has 96 valence electrons. The van der Waals surface area contributed by atoms with Gasteiger partial charge in [0.2, 0.25) is 0 Å². The van der Waals surface area contributed by atoms with Crippen molar-refractivity contribution in [3.8, 4) is 0 Å². The Hall–Kier alpha value is -1.24. The molecule has 17 heavy (non-hydrogen) atoms. The molecule has 0 aromatic carbocycles. The van der Waals surface area contributed by atoms with Crippen LogP contribution in [0.2, 0.25) is 0 Å². The average molecular weight is 250 g/mol. The molecule has 0 spiro atoms. The Morgan fingerprint density at radius 3 is 2.88 bits per heavy atom. The van der Waals surface area contributed by atoms with Crippen molar-refractivity contribution in [2.24, 2.45) is 5.92 Å². The molecule has 1 aromatic heterocycles. The summed E-state index contributed by atoms with van der Waals surface area (Å²) >= 11 is 0. The number of aliphatic hydroxyl groups excluding tert-OH is 1. The number of nitrogens with zero attached hydrogens (tertiary/aromatic N) is 2. The second kappa shape index (κ2) is 4.56. The summed E-state index contributed by atoms with van der Waals surface area (Å²) in [4.78, 5) is 5.38. The lowest BCUT2D eigenvalue weighted by molar-refractivity contribution is -0.176. The summed E-state index contributed by atoms with van der Waals surface area (Å²) in [6, 6.07) is 0.156. The van der Waals surface area contributed by atoms with Crippen LogP contribution in [0.5, 0.6) is 0 Å². The van der Waals surface area contributed by atoms with E-state index in [2.05, 4.69) is 4.98 Å². The zero-order chi connectivity index (χ0) is 12.5. The monoisotopic (exact) mass is 250 g/mol. The topological polar surface area (TPSA) is 49.5 Å². The number of rotatable bonds is 2. The van der Waals surface area contributed by atoms with E-state index in [1.54, 1.807) is 0 Å². The van der Waals surface area contributed by atoms with Gasteiger partial charge in [-0.25, -0.2) is 0 Å². The van der Waals surface area contributed by atoms with Gasteiger partial charge in [0.1, 0.15) is 12.0 Å². The van der Waals surface area contributed by atoms with Crippen LogP contribution >= 0.6 is 0 Å². The van der Waals surface area contributed by atoms with Crippen molar-refractivity contribution in [1.29, 1.82) is 0 Å². The molecular formula is C10H13F3N2O2.